The van der Waals surface area contributed by atoms with E-state index >= 15 is 0 Å². The Morgan fingerprint density at radius 3 is 2.52 bits per heavy atom. The molecular formula is C20H20Cl2N2O. The summed E-state index contributed by atoms with van der Waals surface area (Å²) in [5, 5.41) is 4.99. The lowest BCUT2D eigenvalue weighted by atomic mass is 10.1. The Morgan fingerprint density at radius 1 is 1.12 bits per heavy atom. The fourth-order valence-electron chi connectivity index (χ4n) is 3.18. The number of rotatable bonds is 4. The van der Waals surface area contributed by atoms with Gasteiger partial charge >= 0.3 is 0 Å². The molecule has 0 saturated heterocycles. The van der Waals surface area contributed by atoms with Crippen molar-refractivity contribution in [2.45, 2.75) is 33.7 Å². The summed E-state index contributed by atoms with van der Waals surface area (Å²) in [6, 6.07) is 11.4. The smallest absolute Gasteiger partial charge is 0.272 e. The molecule has 1 aromatic heterocycles. The quantitative estimate of drug-likeness (QED) is 0.588. The number of carbonyl (C=O) groups is 1. The van der Waals surface area contributed by atoms with Gasteiger partial charge in [0.05, 0.1) is 10.7 Å². The largest absolute Gasteiger partial charge is 0.337 e. The predicted octanol–water partition coefficient (Wildman–Crippen LogP) is 6.09. The highest BCUT2D eigenvalue weighted by Crippen LogP contribution is 2.30. The zero-order chi connectivity index (χ0) is 18.1. The molecule has 0 unspecified atom stereocenters. The van der Waals surface area contributed by atoms with Crippen molar-refractivity contribution in [2.75, 3.05) is 5.32 Å². The molecule has 0 aliphatic rings. The molecule has 1 heterocycles. The van der Waals surface area contributed by atoms with E-state index in [-0.39, 0.29) is 5.91 Å². The van der Waals surface area contributed by atoms with E-state index in [0.717, 1.165) is 22.9 Å². The van der Waals surface area contributed by atoms with Crippen LogP contribution in [0.3, 0.4) is 0 Å². The van der Waals surface area contributed by atoms with E-state index in [4.69, 9.17) is 23.2 Å². The van der Waals surface area contributed by atoms with Crippen LogP contribution in [0, 0.1) is 6.92 Å². The first kappa shape index (κ1) is 17.8. The Balaban J connectivity index is 2.07. The van der Waals surface area contributed by atoms with Crippen LogP contribution in [-0.4, -0.2) is 10.5 Å². The first-order chi connectivity index (χ1) is 12.0. The molecular weight excluding hydrogens is 355 g/mol. The van der Waals surface area contributed by atoms with E-state index in [1.807, 2.05) is 18.4 Å². The molecule has 0 saturated carbocycles. The average molecular weight is 375 g/mol. The maximum atomic E-state index is 13.0. The number of aromatic nitrogens is 1. The van der Waals surface area contributed by atoms with Gasteiger partial charge in [-0.3, -0.25) is 4.79 Å². The summed E-state index contributed by atoms with van der Waals surface area (Å²) in [5.41, 5.74) is 4.53. The van der Waals surface area contributed by atoms with Gasteiger partial charge in [-0.25, -0.2) is 0 Å². The van der Waals surface area contributed by atoms with Gasteiger partial charge < -0.3 is 9.88 Å². The highest BCUT2D eigenvalue weighted by atomic mass is 35.5. The van der Waals surface area contributed by atoms with Crippen LogP contribution in [0.5, 0.6) is 0 Å². The number of aryl methyl sites for hydroxylation is 3. The second-order valence-electron chi connectivity index (χ2n) is 6.00. The van der Waals surface area contributed by atoms with Crippen LogP contribution >= 0.6 is 23.2 Å². The molecule has 0 fully saturated rings. The molecule has 3 rings (SSSR count). The van der Waals surface area contributed by atoms with E-state index in [0.29, 0.717) is 28.0 Å². The lowest BCUT2D eigenvalue weighted by Crippen LogP contribution is -2.18. The number of nitrogens with one attached hydrogen (secondary N) is 1. The summed E-state index contributed by atoms with van der Waals surface area (Å²) >= 11 is 12.1. The minimum atomic E-state index is -0.169. The number of anilines is 1. The van der Waals surface area contributed by atoms with Crippen LogP contribution in [0.2, 0.25) is 10.0 Å². The maximum absolute atomic E-state index is 13.0. The Labute approximate surface area is 157 Å². The summed E-state index contributed by atoms with van der Waals surface area (Å²) < 4.78 is 2.04. The fourth-order valence-corrected chi connectivity index (χ4v) is 3.64. The van der Waals surface area contributed by atoms with Crippen LogP contribution < -0.4 is 5.32 Å². The Hall–Kier alpha value is -1.97. The first-order valence-electron chi connectivity index (χ1n) is 8.34. The van der Waals surface area contributed by atoms with Crippen LogP contribution in [0.4, 0.5) is 5.69 Å². The molecule has 2 aromatic carbocycles. The van der Waals surface area contributed by atoms with Gasteiger partial charge in [-0.15, -0.1) is 0 Å². The molecule has 1 N–H and O–H groups in total. The van der Waals surface area contributed by atoms with Gasteiger partial charge in [0.25, 0.3) is 5.91 Å². The minimum Gasteiger partial charge on any atom is -0.337 e. The Kier molecular flexibility index (Phi) is 5.07. The number of carbonyl (C=O) groups excluding carboxylic acids is 1. The summed E-state index contributed by atoms with van der Waals surface area (Å²) in [6.07, 6.45) is 0.967. The van der Waals surface area contributed by atoms with Gasteiger partial charge in [0.15, 0.2) is 0 Å². The predicted molar refractivity (Wildman–Crippen MR) is 106 cm³/mol. The van der Waals surface area contributed by atoms with Crippen LogP contribution in [-0.2, 0) is 13.0 Å². The molecule has 0 bridgehead atoms. The van der Waals surface area contributed by atoms with Crippen LogP contribution in [0.15, 0.2) is 36.4 Å². The maximum Gasteiger partial charge on any atom is 0.272 e. The number of halogens is 2. The number of hydrogen-bond acceptors (Lipinski definition) is 1. The molecule has 5 heteroatoms. The van der Waals surface area contributed by atoms with Crippen molar-refractivity contribution in [2.24, 2.45) is 0 Å². The van der Waals surface area contributed by atoms with Crippen molar-refractivity contribution in [3.05, 3.63) is 63.3 Å². The van der Waals surface area contributed by atoms with Crippen molar-refractivity contribution in [3.63, 3.8) is 0 Å². The molecule has 3 nitrogen and oxygen atoms in total. The lowest BCUT2D eigenvalue weighted by Gasteiger charge is -2.11. The molecule has 1 amide bonds. The minimum absolute atomic E-state index is 0.169. The highest BCUT2D eigenvalue weighted by molar-refractivity contribution is 6.36. The van der Waals surface area contributed by atoms with E-state index in [2.05, 4.69) is 30.4 Å². The zero-order valence-corrected chi connectivity index (χ0v) is 16.0. The SMILES string of the molecule is CCc1ccc2c(c1)c(C)c(C(=O)Nc1ccc(Cl)cc1Cl)n2CC. The van der Waals surface area contributed by atoms with Gasteiger partial charge in [0.2, 0.25) is 0 Å². The molecule has 25 heavy (non-hydrogen) atoms. The third kappa shape index (κ3) is 3.26. The summed E-state index contributed by atoms with van der Waals surface area (Å²) in [5.74, 6) is -0.169. The summed E-state index contributed by atoms with van der Waals surface area (Å²) in [4.78, 5) is 13.0. The fraction of sp³-hybridized carbons (Fsp3) is 0.250. The number of amides is 1. The van der Waals surface area contributed by atoms with Crippen molar-refractivity contribution in [3.8, 4) is 0 Å². The van der Waals surface area contributed by atoms with Crippen LogP contribution in [0.25, 0.3) is 10.9 Å². The molecule has 0 aliphatic carbocycles. The molecule has 3 aromatic rings. The van der Waals surface area contributed by atoms with Crippen molar-refractivity contribution in [1.82, 2.24) is 4.57 Å². The molecule has 0 spiro atoms. The highest BCUT2D eigenvalue weighted by Gasteiger charge is 2.20. The molecule has 0 aliphatic heterocycles. The van der Waals surface area contributed by atoms with Gasteiger partial charge in [-0.1, -0.05) is 36.2 Å². The van der Waals surface area contributed by atoms with Gasteiger partial charge in [0.1, 0.15) is 5.69 Å². The van der Waals surface area contributed by atoms with Crippen molar-refractivity contribution in [1.29, 1.82) is 0 Å². The first-order valence-corrected chi connectivity index (χ1v) is 9.10. The topological polar surface area (TPSA) is 34.0 Å². The van der Waals surface area contributed by atoms with Crippen molar-refractivity contribution >= 4 is 45.7 Å². The van der Waals surface area contributed by atoms with Crippen molar-refractivity contribution < 1.29 is 4.79 Å². The Bertz CT molecular complexity index is 960. The third-order valence-electron chi connectivity index (χ3n) is 4.50. The molecule has 0 radical (unpaired) electrons. The zero-order valence-electron chi connectivity index (χ0n) is 14.5. The number of hydrogen-bond donors (Lipinski definition) is 1. The normalized spacial score (nSPS) is 11.1. The summed E-state index contributed by atoms with van der Waals surface area (Å²) in [7, 11) is 0. The number of nitrogens with zero attached hydrogens (tertiary/aromatic N) is 1. The van der Waals surface area contributed by atoms with Gasteiger partial charge in [-0.2, -0.15) is 0 Å². The average Bonchev–Trinajstić information content (AvgIpc) is 2.88. The van der Waals surface area contributed by atoms with E-state index in [9.17, 15) is 4.79 Å². The van der Waals surface area contributed by atoms with E-state index in [1.165, 1.54) is 5.56 Å². The second kappa shape index (κ2) is 7.11. The summed E-state index contributed by atoms with van der Waals surface area (Å²) in [6.45, 7) is 6.88. The molecule has 130 valence electrons. The van der Waals surface area contributed by atoms with E-state index in [1.54, 1.807) is 18.2 Å². The third-order valence-corrected chi connectivity index (χ3v) is 5.05. The molecule has 0 atom stereocenters. The van der Waals surface area contributed by atoms with Crippen LogP contribution in [0.1, 0.15) is 35.5 Å². The Morgan fingerprint density at radius 2 is 1.88 bits per heavy atom. The lowest BCUT2D eigenvalue weighted by molar-refractivity contribution is 0.101. The van der Waals surface area contributed by atoms with E-state index < -0.39 is 0 Å². The number of fused-ring (bicyclic) bond motifs is 1. The number of benzene rings is 2. The standard InChI is InChI=1S/C20H20Cl2N2O/c1-4-13-6-9-18-15(10-13)12(3)19(24(18)5-2)20(25)23-17-8-7-14(21)11-16(17)22/h6-11H,4-5H2,1-3H3,(H,23,25). The van der Waals surface area contributed by atoms with Gasteiger partial charge in [0, 0.05) is 22.5 Å². The monoisotopic (exact) mass is 374 g/mol. The van der Waals surface area contributed by atoms with Gasteiger partial charge in [-0.05, 0) is 61.7 Å². The second-order valence-corrected chi connectivity index (χ2v) is 6.84.